The average Bonchev–Trinajstić information content (AvgIpc) is 2.76. The fourth-order valence-corrected chi connectivity index (χ4v) is 1.65. The van der Waals surface area contributed by atoms with Crippen molar-refractivity contribution in [2.45, 2.75) is 18.3 Å². The molecule has 2 rings (SSSR count). The van der Waals surface area contributed by atoms with Crippen LogP contribution in [0.1, 0.15) is 11.3 Å². The van der Waals surface area contributed by atoms with Gasteiger partial charge in [-0.3, -0.25) is 4.68 Å². The van der Waals surface area contributed by atoms with E-state index in [2.05, 4.69) is 50.5 Å². The smallest absolute Gasteiger partial charge is 0.0932 e. The molecule has 0 atom stereocenters. The molecule has 0 aliphatic heterocycles. The van der Waals surface area contributed by atoms with Crippen molar-refractivity contribution in [1.82, 2.24) is 15.0 Å². The first-order chi connectivity index (χ1) is 7.38. The topological polar surface area (TPSA) is 30.7 Å². The van der Waals surface area contributed by atoms with Crippen LogP contribution >= 0.6 is 15.9 Å². The van der Waals surface area contributed by atoms with Crippen LogP contribution in [0, 0.1) is 0 Å². The summed E-state index contributed by atoms with van der Waals surface area (Å²) in [6.45, 7) is 0.879. The van der Waals surface area contributed by atoms with Gasteiger partial charge < -0.3 is 0 Å². The average molecular weight is 266 g/mol. The van der Waals surface area contributed by atoms with Gasteiger partial charge in [-0.1, -0.05) is 51.5 Å². The highest BCUT2D eigenvalue weighted by Gasteiger charge is 1.98. The minimum absolute atomic E-state index is 0.762. The van der Waals surface area contributed by atoms with Crippen molar-refractivity contribution in [2.75, 3.05) is 0 Å². The Morgan fingerprint density at radius 2 is 2.00 bits per heavy atom. The third kappa shape index (κ3) is 2.89. The molecule has 0 bridgehead atoms. The zero-order chi connectivity index (χ0) is 10.5. The number of rotatable bonds is 4. The normalized spacial score (nSPS) is 10.5. The van der Waals surface area contributed by atoms with E-state index in [1.807, 2.05) is 16.9 Å². The van der Waals surface area contributed by atoms with Crippen molar-refractivity contribution >= 4 is 15.9 Å². The van der Waals surface area contributed by atoms with Crippen LogP contribution in [0.4, 0.5) is 0 Å². The van der Waals surface area contributed by atoms with Gasteiger partial charge in [-0.15, -0.1) is 5.10 Å². The number of benzene rings is 1. The lowest BCUT2D eigenvalue weighted by molar-refractivity contribution is 0.589. The summed E-state index contributed by atoms with van der Waals surface area (Å²) >= 11 is 3.35. The molecule has 3 nitrogen and oxygen atoms in total. The molecule has 0 amide bonds. The highest BCUT2D eigenvalue weighted by Crippen LogP contribution is 2.03. The number of hydrogen-bond acceptors (Lipinski definition) is 2. The molecule has 0 saturated carbocycles. The molecule has 1 heterocycles. The van der Waals surface area contributed by atoms with E-state index in [1.165, 1.54) is 5.56 Å². The van der Waals surface area contributed by atoms with Crippen LogP contribution in [0.2, 0.25) is 0 Å². The molecule has 0 saturated heterocycles. The number of alkyl halides is 1. The molecule has 0 spiro atoms. The van der Waals surface area contributed by atoms with E-state index in [0.29, 0.717) is 0 Å². The molecule has 4 heteroatoms. The van der Waals surface area contributed by atoms with Crippen molar-refractivity contribution in [3.63, 3.8) is 0 Å². The standard InChI is InChI=1S/C11H12BrN3/c12-8-11-9-15(14-13-11)7-6-10-4-2-1-3-5-10/h1-5,9H,6-8H2. The number of nitrogens with zero attached hydrogens (tertiary/aromatic N) is 3. The first-order valence-electron chi connectivity index (χ1n) is 4.87. The van der Waals surface area contributed by atoms with Crippen molar-refractivity contribution in [3.8, 4) is 0 Å². The molecule has 0 unspecified atom stereocenters. The Morgan fingerprint density at radius 3 is 2.67 bits per heavy atom. The number of halogens is 1. The molecular formula is C11H12BrN3. The quantitative estimate of drug-likeness (QED) is 0.796. The fourth-order valence-electron chi connectivity index (χ4n) is 1.40. The van der Waals surface area contributed by atoms with Crippen LogP contribution in [-0.4, -0.2) is 15.0 Å². The van der Waals surface area contributed by atoms with Gasteiger partial charge in [0.05, 0.1) is 5.69 Å². The van der Waals surface area contributed by atoms with Gasteiger partial charge in [0.1, 0.15) is 0 Å². The summed E-state index contributed by atoms with van der Waals surface area (Å²) in [7, 11) is 0. The molecular weight excluding hydrogens is 254 g/mol. The number of hydrogen-bond donors (Lipinski definition) is 0. The van der Waals surface area contributed by atoms with E-state index < -0.39 is 0 Å². The third-order valence-electron chi connectivity index (χ3n) is 2.20. The van der Waals surface area contributed by atoms with Gasteiger partial charge >= 0.3 is 0 Å². The van der Waals surface area contributed by atoms with Gasteiger partial charge in [-0.25, -0.2) is 0 Å². The molecule has 0 aliphatic carbocycles. The predicted octanol–water partition coefficient (Wildman–Crippen LogP) is 2.42. The fraction of sp³-hybridized carbons (Fsp3) is 0.273. The van der Waals surface area contributed by atoms with E-state index in [0.717, 1.165) is 24.0 Å². The Labute approximate surface area is 97.2 Å². The first kappa shape index (κ1) is 10.4. The number of aryl methyl sites for hydroxylation is 2. The van der Waals surface area contributed by atoms with E-state index >= 15 is 0 Å². The highest BCUT2D eigenvalue weighted by molar-refractivity contribution is 9.08. The summed E-state index contributed by atoms with van der Waals surface area (Å²) in [5.74, 6) is 0. The molecule has 0 radical (unpaired) electrons. The van der Waals surface area contributed by atoms with Crippen molar-refractivity contribution in [3.05, 3.63) is 47.8 Å². The summed E-state index contributed by atoms with van der Waals surface area (Å²) in [4.78, 5) is 0. The Bertz CT molecular complexity index is 411. The third-order valence-corrected chi connectivity index (χ3v) is 2.77. The molecule has 78 valence electrons. The monoisotopic (exact) mass is 265 g/mol. The van der Waals surface area contributed by atoms with Crippen LogP contribution < -0.4 is 0 Å². The lowest BCUT2D eigenvalue weighted by Gasteiger charge is -2.00. The Hall–Kier alpha value is -1.16. The summed E-state index contributed by atoms with van der Waals surface area (Å²) in [5.41, 5.74) is 2.30. The van der Waals surface area contributed by atoms with Crippen molar-refractivity contribution in [2.24, 2.45) is 0 Å². The zero-order valence-electron chi connectivity index (χ0n) is 8.31. The van der Waals surface area contributed by atoms with Crippen LogP contribution in [0.5, 0.6) is 0 Å². The summed E-state index contributed by atoms with van der Waals surface area (Å²) < 4.78 is 1.88. The second kappa shape index (κ2) is 5.07. The molecule has 15 heavy (non-hydrogen) atoms. The second-order valence-electron chi connectivity index (χ2n) is 3.34. The molecule has 0 N–H and O–H groups in total. The first-order valence-corrected chi connectivity index (χ1v) is 5.99. The second-order valence-corrected chi connectivity index (χ2v) is 3.90. The molecule has 2 aromatic rings. The Kier molecular flexibility index (Phi) is 3.50. The molecule has 0 fully saturated rings. The maximum atomic E-state index is 4.04. The maximum Gasteiger partial charge on any atom is 0.0932 e. The van der Waals surface area contributed by atoms with Crippen LogP contribution in [0.3, 0.4) is 0 Å². The van der Waals surface area contributed by atoms with Gasteiger partial charge in [0.25, 0.3) is 0 Å². The van der Waals surface area contributed by atoms with Gasteiger partial charge in [0.15, 0.2) is 0 Å². The van der Waals surface area contributed by atoms with Gasteiger partial charge in [-0.05, 0) is 12.0 Å². The van der Waals surface area contributed by atoms with Gasteiger partial charge in [-0.2, -0.15) is 0 Å². The summed E-state index contributed by atoms with van der Waals surface area (Å²) in [6.07, 6.45) is 2.96. The largest absolute Gasteiger partial charge is 0.252 e. The Balaban J connectivity index is 1.93. The van der Waals surface area contributed by atoms with Gasteiger partial charge in [0.2, 0.25) is 0 Å². The minimum Gasteiger partial charge on any atom is -0.252 e. The van der Waals surface area contributed by atoms with Crippen molar-refractivity contribution < 1.29 is 0 Å². The lowest BCUT2D eigenvalue weighted by Crippen LogP contribution is -2.01. The van der Waals surface area contributed by atoms with Crippen LogP contribution in [0.15, 0.2) is 36.5 Å². The predicted molar refractivity (Wildman–Crippen MR) is 62.8 cm³/mol. The molecule has 0 aliphatic rings. The number of aromatic nitrogens is 3. The summed E-state index contributed by atoms with van der Waals surface area (Å²) in [5, 5.41) is 8.81. The maximum absolute atomic E-state index is 4.04. The zero-order valence-corrected chi connectivity index (χ0v) is 9.89. The van der Waals surface area contributed by atoms with E-state index in [4.69, 9.17) is 0 Å². The SMILES string of the molecule is BrCc1cn(CCc2ccccc2)nn1. The molecule has 1 aromatic heterocycles. The van der Waals surface area contributed by atoms with Crippen molar-refractivity contribution in [1.29, 1.82) is 0 Å². The van der Waals surface area contributed by atoms with E-state index in [9.17, 15) is 0 Å². The Morgan fingerprint density at radius 1 is 1.20 bits per heavy atom. The highest BCUT2D eigenvalue weighted by atomic mass is 79.9. The van der Waals surface area contributed by atoms with Gasteiger partial charge in [0, 0.05) is 18.1 Å². The van der Waals surface area contributed by atoms with E-state index in [1.54, 1.807) is 0 Å². The minimum atomic E-state index is 0.762. The van der Waals surface area contributed by atoms with E-state index in [-0.39, 0.29) is 0 Å². The van der Waals surface area contributed by atoms with Crippen LogP contribution in [0.25, 0.3) is 0 Å². The lowest BCUT2D eigenvalue weighted by atomic mass is 10.1. The summed E-state index contributed by atoms with van der Waals surface area (Å²) in [6, 6.07) is 10.4. The van der Waals surface area contributed by atoms with Crippen LogP contribution in [-0.2, 0) is 18.3 Å². The molecule has 1 aromatic carbocycles.